The Hall–Kier alpha value is -0.990. The Labute approximate surface area is 119 Å². The van der Waals surface area contributed by atoms with Gasteiger partial charge in [0.25, 0.3) is 0 Å². The van der Waals surface area contributed by atoms with Crippen LogP contribution in [0, 0.1) is 10.7 Å². The number of hydrogen-bond acceptors (Lipinski definition) is 4. The third-order valence-electron chi connectivity index (χ3n) is 3.09. The van der Waals surface area contributed by atoms with Crippen LogP contribution in [0.5, 0.6) is 0 Å². The smallest absolute Gasteiger partial charge is 0.180 e. The second-order valence-electron chi connectivity index (χ2n) is 4.80. The Morgan fingerprint density at radius 2 is 2.00 bits per heavy atom. The highest BCUT2D eigenvalue weighted by atomic mass is 32.2. The minimum absolute atomic E-state index is 0.253. The summed E-state index contributed by atoms with van der Waals surface area (Å²) in [6, 6.07) is 7.15. The van der Waals surface area contributed by atoms with Crippen LogP contribution < -0.4 is 0 Å². The number of benzene rings is 1. The van der Waals surface area contributed by atoms with Crippen LogP contribution in [-0.4, -0.2) is 19.4 Å². The average molecular weight is 297 g/mol. The Bertz CT molecular complexity index is 559. The van der Waals surface area contributed by atoms with Gasteiger partial charge < -0.3 is 0 Å². The molecular weight excluding hydrogens is 278 g/mol. The van der Waals surface area contributed by atoms with Crippen LogP contribution in [0.15, 0.2) is 29.2 Å². The molecule has 1 aromatic carbocycles. The molecule has 0 saturated carbocycles. The molecule has 0 aliphatic carbocycles. The maximum atomic E-state index is 12.1. The van der Waals surface area contributed by atoms with Crippen molar-refractivity contribution in [3.8, 4) is 5.40 Å². The van der Waals surface area contributed by atoms with E-state index in [1.807, 2.05) is 11.5 Å². The van der Waals surface area contributed by atoms with Crippen molar-refractivity contribution in [2.45, 2.75) is 43.3 Å². The zero-order valence-electron chi connectivity index (χ0n) is 11.5. The number of thiocyanates is 1. The van der Waals surface area contributed by atoms with Crippen molar-refractivity contribution in [3.63, 3.8) is 0 Å². The van der Waals surface area contributed by atoms with Crippen LogP contribution in [0.25, 0.3) is 0 Å². The number of rotatable bonds is 6. The molecule has 1 atom stereocenters. The van der Waals surface area contributed by atoms with Crippen molar-refractivity contribution < 1.29 is 8.42 Å². The molecular formula is C14H19NO2S2. The molecule has 0 heterocycles. The molecule has 0 saturated heterocycles. The van der Waals surface area contributed by atoms with Crippen LogP contribution in [0.3, 0.4) is 0 Å². The van der Waals surface area contributed by atoms with Gasteiger partial charge in [-0.2, -0.15) is 5.26 Å². The molecule has 0 bridgehead atoms. The van der Waals surface area contributed by atoms with E-state index >= 15 is 0 Å². The van der Waals surface area contributed by atoms with Gasteiger partial charge in [-0.1, -0.05) is 19.1 Å². The Morgan fingerprint density at radius 3 is 2.58 bits per heavy atom. The Morgan fingerprint density at radius 1 is 1.32 bits per heavy atom. The molecule has 1 aromatic rings. The number of sulfone groups is 1. The lowest BCUT2D eigenvalue weighted by molar-refractivity contribution is 0.587. The summed E-state index contributed by atoms with van der Waals surface area (Å²) in [7, 11) is -3.22. The van der Waals surface area contributed by atoms with Crippen LogP contribution in [-0.2, 0) is 9.84 Å². The van der Waals surface area contributed by atoms with Gasteiger partial charge in [-0.3, -0.25) is 0 Å². The fourth-order valence-electron chi connectivity index (χ4n) is 1.72. The van der Waals surface area contributed by atoms with E-state index in [4.69, 9.17) is 5.26 Å². The maximum Gasteiger partial charge on any atom is 0.180 e. The predicted octanol–water partition coefficient (Wildman–Crippen LogP) is 3.58. The zero-order chi connectivity index (χ0) is 14.5. The first-order valence-corrected chi connectivity index (χ1v) is 8.77. The fraction of sp³-hybridized carbons (Fsp3) is 0.500. The summed E-state index contributed by atoms with van der Waals surface area (Å²) in [5.41, 5.74) is 1.01. The summed E-state index contributed by atoms with van der Waals surface area (Å²) in [5, 5.41) is 10.1. The van der Waals surface area contributed by atoms with E-state index < -0.39 is 15.1 Å². The molecule has 3 nitrogen and oxygen atoms in total. The van der Waals surface area contributed by atoms with Gasteiger partial charge in [-0.05, 0) is 55.6 Å². The summed E-state index contributed by atoms with van der Waals surface area (Å²) < 4.78 is 24.2. The summed E-state index contributed by atoms with van der Waals surface area (Å²) in [4.78, 5) is 0.389. The van der Waals surface area contributed by atoms with E-state index in [0.29, 0.717) is 4.90 Å². The van der Waals surface area contributed by atoms with Crippen LogP contribution in [0.4, 0.5) is 0 Å². The van der Waals surface area contributed by atoms with Gasteiger partial charge in [-0.25, -0.2) is 8.42 Å². The molecule has 0 amide bonds. The first-order valence-electron chi connectivity index (χ1n) is 6.24. The van der Waals surface area contributed by atoms with Gasteiger partial charge in [0.1, 0.15) is 5.40 Å². The zero-order valence-corrected chi connectivity index (χ0v) is 13.1. The van der Waals surface area contributed by atoms with Gasteiger partial charge in [-0.15, -0.1) is 0 Å². The second-order valence-corrected chi connectivity index (χ2v) is 8.18. The van der Waals surface area contributed by atoms with Gasteiger partial charge in [0, 0.05) is 5.75 Å². The van der Waals surface area contributed by atoms with E-state index in [1.54, 1.807) is 32.0 Å². The first kappa shape index (κ1) is 16.1. The largest absolute Gasteiger partial charge is 0.223 e. The minimum atomic E-state index is -3.22. The molecule has 1 unspecified atom stereocenters. The summed E-state index contributed by atoms with van der Waals surface area (Å²) in [6.45, 7) is 5.43. The van der Waals surface area contributed by atoms with Crippen molar-refractivity contribution in [1.82, 2.24) is 0 Å². The van der Waals surface area contributed by atoms with Crippen molar-refractivity contribution >= 4 is 21.6 Å². The van der Waals surface area contributed by atoms with E-state index in [-0.39, 0.29) is 5.92 Å². The third kappa shape index (κ3) is 4.26. The minimum Gasteiger partial charge on any atom is -0.223 e. The van der Waals surface area contributed by atoms with E-state index in [2.05, 4.69) is 6.92 Å². The van der Waals surface area contributed by atoms with Gasteiger partial charge in [0.15, 0.2) is 9.84 Å². The lowest BCUT2D eigenvalue weighted by atomic mass is 9.99. The summed E-state index contributed by atoms with van der Waals surface area (Å²) in [6.07, 6.45) is 0.864. The molecule has 0 radical (unpaired) electrons. The van der Waals surface area contributed by atoms with E-state index in [0.717, 1.165) is 17.7 Å². The van der Waals surface area contributed by atoms with Gasteiger partial charge in [0.2, 0.25) is 0 Å². The molecule has 0 N–H and O–H groups in total. The predicted molar refractivity (Wildman–Crippen MR) is 79.9 cm³/mol. The molecule has 5 heteroatoms. The highest BCUT2D eigenvalue weighted by Crippen LogP contribution is 2.25. The van der Waals surface area contributed by atoms with E-state index in [1.165, 1.54) is 11.8 Å². The molecule has 0 aliphatic heterocycles. The summed E-state index contributed by atoms with van der Waals surface area (Å²) >= 11 is 1.23. The standard InChI is InChI=1S/C14H19NO2S2/c1-11(2)19(16,17)14-6-4-5-13(9-14)12(3)7-8-18-10-15/h4-6,9,11-12H,7-8H2,1-3H3. The third-order valence-corrected chi connectivity index (χ3v) is 5.81. The highest BCUT2D eigenvalue weighted by Gasteiger charge is 2.19. The van der Waals surface area contributed by atoms with Crippen molar-refractivity contribution in [2.75, 3.05) is 5.75 Å². The average Bonchev–Trinajstić information content (AvgIpc) is 2.39. The van der Waals surface area contributed by atoms with Gasteiger partial charge in [0.05, 0.1) is 10.1 Å². The lowest BCUT2D eigenvalue weighted by Crippen LogP contribution is -2.14. The molecule has 104 valence electrons. The quantitative estimate of drug-likeness (QED) is 0.595. The molecule has 19 heavy (non-hydrogen) atoms. The molecule has 0 spiro atoms. The van der Waals surface area contributed by atoms with Gasteiger partial charge >= 0.3 is 0 Å². The maximum absolute atomic E-state index is 12.1. The fourth-order valence-corrected chi connectivity index (χ4v) is 3.39. The highest BCUT2D eigenvalue weighted by molar-refractivity contribution is 8.03. The van der Waals surface area contributed by atoms with Crippen LogP contribution in [0.2, 0.25) is 0 Å². The number of nitrogens with zero attached hydrogens (tertiary/aromatic N) is 1. The molecule has 1 rings (SSSR count). The molecule has 0 fully saturated rings. The first-order chi connectivity index (χ1) is 8.89. The van der Waals surface area contributed by atoms with Crippen molar-refractivity contribution in [1.29, 1.82) is 5.26 Å². The Kier molecular flexibility index (Phi) is 5.89. The molecule has 0 aromatic heterocycles. The molecule has 0 aliphatic rings. The SMILES string of the molecule is CC(CCSC#N)c1cccc(S(=O)(=O)C(C)C)c1. The van der Waals surface area contributed by atoms with E-state index in [9.17, 15) is 8.42 Å². The Balaban J connectivity index is 2.92. The van der Waals surface area contributed by atoms with Crippen molar-refractivity contribution in [3.05, 3.63) is 29.8 Å². The van der Waals surface area contributed by atoms with Crippen molar-refractivity contribution in [2.24, 2.45) is 0 Å². The summed E-state index contributed by atoms with van der Waals surface area (Å²) in [5.74, 6) is 1.02. The monoisotopic (exact) mass is 297 g/mol. The van der Waals surface area contributed by atoms with Crippen LogP contribution >= 0.6 is 11.8 Å². The number of thioether (sulfide) groups is 1. The number of hydrogen-bond donors (Lipinski definition) is 0. The lowest BCUT2D eigenvalue weighted by Gasteiger charge is -2.13. The normalized spacial score (nSPS) is 13.2. The second kappa shape index (κ2) is 6.97. The number of nitriles is 1. The van der Waals surface area contributed by atoms with Crippen LogP contribution in [0.1, 0.15) is 38.7 Å². The topological polar surface area (TPSA) is 57.9 Å².